The predicted octanol–water partition coefficient (Wildman–Crippen LogP) is 1.55. The lowest BCUT2D eigenvalue weighted by Crippen LogP contribution is -2.41. The summed E-state index contributed by atoms with van der Waals surface area (Å²) < 4.78 is 5.37. The standard InChI is InChI=1S/C15H22O4/c1-8-9-6-11-10(4-5-14(11,2)17)15(3,18)7-12(9)19-13(8)16/h10-12,17-18H,4-7H2,1-3H3/t10-,11+,12+,14-,15+/m1/s1. The summed E-state index contributed by atoms with van der Waals surface area (Å²) in [6.45, 7) is 5.45. The number of carbonyl (C=O) groups excluding carboxylic acids is 1. The Morgan fingerprint density at radius 1 is 1.21 bits per heavy atom. The van der Waals surface area contributed by atoms with Crippen molar-refractivity contribution >= 4 is 5.97 Å². The quantitative estimate of drug-likeness (QED) is 0.653. The van der Waals surface area contributed by atoms with E-state index in [0.29, 0.717) is 24.8 Å². The van der Waals surface area contributed by atoms with Crippen molar-refractivity contribution in [2.75, 3.05) is 0 Å². The van der Waals surface area contributed by atoms with E-state index in [1.165, 1.54) is 0 Å². The summed E-state index contributed by atoms with van der Waals surface area (Å²) in [6.07, 6.45) is 2.35. The molecule has 2 N–H and O–H groups in total. The van der Waals surface area contributed by atoms with E-state index in [0.717, 1.165) is 12.0 Å². The summed E-state index contributed by atoms with van der Waals surface area (Å²) in [7, 11) is 0. The van der Waals surface area contributed by atoms with Gasteiger partial charge < -0.3 is 14.9 Å². The average molecular weight is 266 g/mol. The van der Waals surface area contributed by atoms with Crippen molar-refractivity contribution in [2.24, 2.45) is 11.8 Å². The molecule has 1 heterocycles. The first-order valence-corrected chi connectivity index (χ1v) is 7.08. The summed E-state index contributed by atoms with van der Waals surface area (Å²) >= 11 is 0. The van der Waals surface area contributed by atoms with E-state index in [9.17, 15) is 15.0 Å². The highest BCUT2D eigenvalue weighted by Gasteiger charge is 2.55. The zero-order valence-electron chi connectivity index (χ0n) is 11.8. The Morgan fingerprint density at radius 2 is 1.89 bits per heavy atom. The lowest BCUT2D eigenvalue weighted by atomic mass is 9.76. The molecule has 5 atom stereocenters. The summed E-state index contributed by atoms with van der Waals surface area (Å²) in [4.78, 5) is 11.7. The first kappa shape index (κ1) is 13.1. The van der Waals surface area contributed by atoms with Gasteiger partial charge in [-0.3, -0.25) is 0 Å². The van der Waals surface area contributed by atoms with Gasteiger partial charge in [0.05, 0.1) is 11.2 Å². The summed E-state index contributed by atoms with van der Waals surface area (Å²) in [6, 6.07) is 0. The molecule has 0 saturated heterocycles. The second-order valence-electron chi connectivity index (χ2n) is 6.92. The maximum Gasteiger partial charge on any atom is 0.334 e. The molecule has 3 aliphatic rings. The third-order valence-electron chi connectivity index (χ3n) is 5.51. The van der Waals surface area contributed by atoms with Gasteiger partial charge in [0.25, 0.3) is 0 Å². The fraction of sp³-hybridized carbons (Fsp3) is 0.800. The summed E-state index contributed by atoms with van der Waals surface area (Å²) in [5, 5.41) is 21.3. The molecule has 1 aliphatic heterocycles. The van der Waals surface area contributed by atoms with Crippen LogP contribution in [0.1, 0.15) is 46.5 Å². The highest BCUT2D eigenvalue weighted by molar-refractivity contribution is 5.91. The van der Waals surface area contributed by atoms with Crippen molar-refractivity contribution in [3.63, 3.8) is 0 Å². The van der Waals surface area contributed by atoms with Crippen LogP contribution in [0.2, 0.25) is 0 Å². The molecule has 106 valence electrons. The maximum absolute atomic E-state index is 11.7. The molecule has 4 nitrogen and oxygen atoms in total. The predicted molar refractivity (Wildman–Crippen MR) is 69.3 cm³/mol. The molecule has 0 aromatic carbocycles. The molecule has 0 bridgehead atoms. The van der Waals surface area contributed by atoms with E-state index < -0.39 is 11.2 Å². The molecule has 0 radical (unpaired) electrons. The van der Waals surface area contributed by atoms with Crippen molar-refractivity contribution in [3.8, 4) is 0 Å². The van der Waals surface area contributed by atoms with Crippen LogP contribution in [0.4, 0.5) is 0 Å². The van der Waals surface area contributed by atoms with Crippen LogP contribution in [0.3, 0.4) is 0 Å². The van der Waals surface area contributed by atoms with Gasteiger partial charge in [-0.25, -0.2) is 4.79 Å². The van der Waals surface area contributed by atoms with Gasteiger partial charge in [-0.2, -0.15) is 0 Å². The van der Waals surface area contributed by atoms with Crippen LogP contribution in [0, 0.1) is 11.8 Å². The molecule has 0 aromatic rings. The van der Waals surface area contributed by atoms with E-state index in [2.05, 4.69) is 0 Å². The zero-order chi connectivity index (χ0) is 14.0. The lowest BCUT2D eigenvalue weighted by molar-refractivity contribution is -0.142. The summed E-state index contributed by atoms with van der Waals surface area (Å²) in [5.74, 6) is -0.189. The smallest absolute Gasteiger partial charge is 0.334 e. The highest BCUT2D eigenvalue weighted by atomic mass is 16.5. The number of carbonyl (C=O) groups is 1. The highest BCUT2D eigenvalue weighted by Crippen LogP contribution is 2.53. The number of fused-ring (bicyclic) bond motifs is 2. The minimum atomic E-state index is -0.886. The SMILES string of the molecule is CC1=C2C[C@H]3[C@@H](CC[C@@]3(C)O)[C@@](C)(O)C[C@@H]2OC1=O. The Morgan fingerprint density at radius 3 is 2.58 bits per heavy atom. The minimum Gasteiger partial charge on any atom is -0.454 e. The number of rotatable bonds is 0. The molecule has 0 spiro atoms. The molecular weight excluding hydrogens is 244 g/mol. The second-order valence-corrected chi connectivity index (χ2v) is 6.92. The van der Waals surface area contributed by atoms with Crippen LogP contribution in [0.15, 0.2) is 11.1 Å². The second kappa shape index (κ2) is 3.83. The molecule has 2 saturated carbocycles. The number of hydrogen-bond acceptors (Lipinski definition) is 4. The normalized spacial score (nSPS) is 49.7. The van der Waals surface area contributed by atoms with Crippen LogP contribution in [-0.2, 0) is 9.53 Å². The van der Waals surface area contributed by atoms with E-state index in [1.54, 1.807) is 6.92 Å². The number of hydrogen-bond donors (Lipinski definition) is 2. The first-order valence-electron chi connectivity index (χ1n) is 7.08. The Bertz CT molecular complexity index is 461. The number of ether oxygens (including phenoxy) is 1. The maximum atomic E-state index is 11.7. The average Bonchev–Trinajstić information content (AvgIpc) is 2.66. The molecule has 0 unspecified atom stereocenters. The Labute approximate surface area is 113 Å². The van der Waals surface area contributed by atoms with Crippen molar-refractivity contribution in [1.29, 1.82) is 0 Å². The topological polar surface area (TPSA) is 66.8 Å². The van der Waals surface area contributed by atoms with Gasteiger partial charge in [-0.05, 0) is 57.4 Å². The monoisotopic (exact) mass is 266 g/mol. The van der Waals surface area contributed by atoms with Crippen molar-refractivity contribution < 1.29 is 19.7 Å². The van der Waals surface area contributed by atoms with Gasteiger partial charge in [0.1, 0.15) is 6.10 Å². The molecule has 4 heteroatoms. The Hall–Kier alpha value is -0.870. The van der Waals surface area contributed by atoms with Gasteiger partial charge in [-0.1, -0.05) is 0 Å². The molecule has 2 fully saturated rings. The van der Waals surface area contributed by atoms with Gasteiger partial charge >= 0.3 is 5.97 Å². The largest absolute Gasteiger partial charge is 0.454 e. The van der Waals surface area contributed by atoms with Crippen LogP contribution in [-0.4, -0.2) is 33.5 Å². The van der Waals surface area contributed by atoms with Crippen LogP contribution < -0.4 is 0 Å². The Balaban J connectivity index is 2.04. The van der Waals surface area contributed by atoms with E-state index in [4.69, 9.17) is 4.74 Å². The number of esters is 1. The van der Waals surface area contributed by atoms with Crippen molar-refractivity contribution in [3.05, 3.63) is 11.1 Å². The van der Waals surface area contributed by atoms with Gasteiger partial charge in [0.2, 0.25) is 0 Å². The lowest BCUT2D eigenvalue weighted by Gasteiger charge is -2.35. The molecule has 0 aromatic heterocycles. The van der Waals surface area contributed by atoms with Gasteiger partial charge in [-0.15, -0.1) is 0 Å². The zero-order valence-corrected chi connectivity index (χ0v) is 11.8. The summed E-state index contributed by atoms with van der Waals surface area (Å²) in [5.41, 5.74) is 0.00869. The third-order valence-corrected chi connectivity index (χ3v) is 5.51. The molecule has 19 heavy (non-hydrogen) atoms. The van der Waals surface area contributed by atoms with Crippen LogP contribution in [0.25, 0.3) is 0 Å². The number of aliphatic hydroxyl groups is 2. The molecule has 3 rings (SSSR count). The third kappa shape index (κ3) is 1.84. The Kier molecular flexibility index (Phi) is 2.64. The molecule has 0 amide bonds. The molecule has 2 aliphatic carbocycles. The van der Waals surface area contributed by atoms with E-state index in [1.807, 2.05) is 13.8 Å². The fourth-order valence-corrected chi connectivity index (χ4v) is 4.25. The van der Waals surface area contributed by atoms with E-state index in [-0.39, 0.29) is 23.9 Å². The van der Waals surface area contributed by atoms with Crippen molar-refractivity contribution in [1.82, 2.24) is 0 Å². The van der Waals surface area contributed by atoms with Gasteiger partial charge in [0.15, 0.2) is 0 Å². The van der Waals surface area contributed by atoms with Gasteiger partial charge in [0, 0.05) is 12.0 Å². The van der Waals surface area contributed by atoms with Crippen LogP contribution >= 0.6 is 0 Å². The fourth-order valence-electron chi connectivity index (χ4n) is 4.25. The van der Waals surface area contributed by atoms with Crippen molar-refractivity contribution in [2.45, 2.75) is 63.8 Å². The minimum absolute atomic E-state index is 0.00644. The van der Waals surface area contributed by atoms with Crippen LogP contribution in [0.5, 0.6) is 0 Å². The molecular formula is C15H22O4. The van der Waals surface area contributed by atoms with E-state index >= 15 is 0 Å². The first-order chi connectivity index (χ1) is 8.72.